The van der Waals surface area contributed by atoms with Crippen molar-refractivity contribution >= 4 is 23.5 Å². The Bertz CT molecular complexity index is 814. The summed E-state index contributed by atoms with van der Waals surface area (Å²) in [4.78, 5) is 22.9. The third kappa shape index (κ3) is 5.20. The first-order valence-corrected chi connectivity index (χ1v) is 9.99. The van der Waals surface area contributed by atoms with Gasteiger partial charge in [0.05, 0.1) is 24.5 Å². The molecule has 3 rings (SSSR count). The zero-order chi connectivity index (χ0) is 19.4. The standard InChI is InChI=1S/C20H25N3O3S/c1-20(2,3)16-12-17(23-7-9-26-10-8-23)22-19(21-16)27-13-14-5-4-6-15(11-14)18(24)25/h4-6,11-12H,7-10,13H2,1-3H3,(H,24,25). The number of anilines is 1. The van der Waals surface area contributed by atoms with Crippen molar-refractivity contribution in [1.82, 2.24) is 9.97 Å². The molecule has 0 saturated carbocycles. The van der Waals surface area contributed by atoms with Gasteiger partial charge in [0.15, 0.2) is 5.16 Å². The Morgan fingerprint density at radius 3 is 2.63 bits per heavy atom. The van der Waals surface area contributed by atoms with Crippen LogP contribution in [0.2, 0.25) is 0 Å². The molecule has 1 aliphatic heterocycles. The van der Waals surface area contributed by atoms with E-state index in [4.69, 9.17) is 19.8 Å². The molecule has 0 atom stereocenters. The van der Waals surface area contributed by atoms with Crippen LogP contribution in [-0.4, -0.2) is 47.3 Å². The molecule has 1 aromatic heterocycles. The van der Waals surface area contributed by atoms with Crippen molar-refractivity contribution in [2.45, 2.75) is 37.1 Å². The third-order valence-electron chi connectivity index (χ3n) is 4.34. The Morgan fingerprint density at radius 2 is 1.96 bits per heavy atom. The second-order valence-electron chi connectivity index (χ2n) is 7.54. The summed E-state index contributed by atoms with van der Waals surface area (Å²) in [5.74, 6) is 0.638. The highest BCUT2D eigenvalue weighted by Crippen LogP contribution is 2.28. The van der Waals surface area contributed by atoms with E-state index in [0.717, 1.165) is 30.2 Å². The Labute approximate surface area is 164 Å². The average molecular weight is 388 g/mol. The van der Waals surface area contributed by atoms with E-state index in [1.807, 2.05) is 6.07 Å². The minimum Gasteiger partial charge on any atom is -0.478 e. The van der Waals surface area contributed by atoms with Gasteiger partial charge in [-0.1, -0.05) is 44.7 Å². The van der Waals surface area contributed by atoms with Gasteiger partial charge in [0.1, 0.15) is 5.82 Å². The molecule has 1 N–H and O–H groups in total. The molecule has 0 unspecified atom stereocenters. The number of carboxylic acids is 1. The number of aromatic nitrogens is 2. The number of benzene rings is 1. The highest BCUT2D eigenvalue weighted by atomic mass is 32.2. The zero-order valence-electron chi connectivity index (χ0n) is 15.9. The molecule has 6 nitrogen and oxygen atoms in total. The molecule has 0 radical (unpaired) electrons. The van der Waals surface area contributed by atoms with E-state index >= 15 is 0 Å². The van der Waals surface area contributed by atoms with Crippen molar-refractivity contribution in [1.29, 1.82) is 0 Å². The largest absolute Gasteiger partial charge is 0.478 e. The number of ether oxygens (including phenoxy) is 1. The van der Waals surface area contributed by atoms with Crippen LogP contribution in [0.3, 0.4) is 0 Å². The van der Waals surface area contributed by atoms with Crippen molar-refractivity contribution in [3.05, 3.63) is 47.2 Å². The molecule has 2 aromatic rings. The van der Waals surface area contributed by atoms with Gasteiger partial charge in [-0.05, 0) is 17.7 Å². The Balaban J connectivity index is 1.83. The SMILES string of the molecule is CC(C)(C)c1cc(N2CCOCC2)nc(SCc2cccc(C(=O)O)c2)n1. The number of carboxylic acid groups (broad SMARTS) is 1. The summed E-state index contributed by atoms with van der Waals surface area (Å²) in [6.45, 7) is 9.49. The molecule has 0 amide bonds. The first kappa shape index (κ1) is 19.6. The van der Waals surface area contributed by atoms with E-state index in [-0.39, 0.29) is 5.41 Å². The first-order valence-electron chi connectivity index (χ1n) is 9.00. The number of hydrogen-bond acceptors (Lipinski definition) is 6. The minimum absolute atomic E-state index is 0.0808. The van der Waals surface area contributed by atoms with Crippen LogP contribution >= 0.6 is 11.8 Å². The monoisotopic (exact) mass is 387 g/mol. The summed E-state index contributed by atoms with van der Waals surface area (Å²) >= 11 is 1.53. The summed E-state index contributed by atoms with van der Waals surface area (Å²) in [5, 5.41) is 9.87. The van der Waals surface area contributed by atoms with Crippen molar-refractivity contribution in [2.24, 2.45) is 0 Å². The van der Waals surface area contributed by atoms with Gasteiger partial charge in [-0.2, -0.15) is 0 Å². The van der Waals surface area contributed by atoms with Gasteiger partial charge in [-0.25, -0.2) is 14.8 Å². The van der Waals surface area contributed by atoms with E-state index in [1.165, 1.54) is 11.8 Å². The maximum absolute atomic E-state index is 11.2. The lowest BCUT2D eigenvalue weighted by Gasteiger charge is -2.29. The van der Waals surface area contributed by atoms with Crippen molar-refractivity contribution < 1.29 is 14.6 Å². The van der Waals surface area contributed by atoms with Gasteiger partial charge in [0, 0.05) is 30.3 Å². The quantitative estimate of drug-likeness (QED) is 0.620. The van der Waals surface area contributed by atoms with Crippen LogP contribution in [0.25, 0.3) is 0 Å². The van der Waals surface area contributed by atoms with Crippen molar-refractivity contribution in [3.63, 3.8) is 0 Å². The summed E-state index contributed by atoms with van der Waals surface area (Å²) in [7, 11) is 0. The summed E-state index contributed by atoms with van der Waals surface area (Å²) in [6, 6.07) is 9.07. The predicted molar refractivity (Wildman–Crippen MR) is 107 cm³/mol. The molecule has 0 spiro atoms. The van der Waals surface area contributed by atoms with E-state index in [2.05, 4.69) is 31.7 Å². The zero-order valence-corrected chi connectivity index (χ0v) is 16.8. The van der Waals surface area contributed by atoms with Crippen LogP contribution in [0.4, 0.5) is 5.82 Å². The van der Waals surface area contributed by atoms with Crippen molar-refractivity contribution in [3.8, 4) is 0 Å². The molecule has 1 saturated heterocycles. The summed E-state index contributed by atoms with van der Waals surface area (Å²) in [5.41, 5.74) is 2.16. The van der Waals surface area contributed by atoms with Gasteiger partial charge in [0.2, 0.25) is 0 Å². The predicted octanol–water partition coefficient (Wildman–Crippen LogP) is 3.60. The van der Waals surface area contributed by atoms with Crippen LogP contribution in [0.1, 0.15) is 42.4 Å². The molecule has 1 aromatic carbocycles. The van der Waals surface area contributed by atoms with E-state index in [9.17, 15) is 4.79 Å². The lowest BCUT2D eigenvalue weighted by molar-refractivity contribution is 0.0696. The highest BCUT2D eigenvalue weighted by molar-refractivity contribution is 7.98. The molecule has 7 heteroatoms. The molecule has 1 fully saturated rings. The smallest absolute Gasteiger partial charge is 0.335 e. The second-order valence-corrected chi connectivity index (χ2v) is 8.48. The van der Waals surface area contributed by atoms with Gasteiger partial charge in [-0.3, -0.25) is 0 Å². The van der Waals surface area contributed by atoms with Gasteiger partial charge < -0.3 is 14.7 Å². The maximum Gasteiger partial charge on any atom is 0.335 e. The fraction of sp³-hybridized carbons (Fsp3) is 0.450. The topological polar surface area (TPSA) is 75.5 Å². The lowest BCUT2D eigenvalue weighted by atomic mass is 9.92. The van der Waals surface area contributed by atoms with Gasteiger partial charge >= 0.3 is 5.97 Å². The maximum atomic E-state index is 11.2. The molecule has 1 aliphatic rings. The van der Waals surface area contributed by atoms with Crippen LogP contribution in [0.5, 0.6) is 0 Å². The Morgan fingerprint density at radius 1 is 1.22 bits per heavy atom. The van der Waals surface area contributed by atoms with Crippen LogP contribution in [0.15, 0.2) is 35.5 Å². The van der Waals surface area contributed by atoms with Gasteiger partial charge in [-0.15, -0.1) is 0 Å². The van der Waals surface area contributed by atoms with Crippen molar-refractivity contribution in [2.75, 3.05) is 31.2 Å². The number of morpholine rings is 1. The highest BCUT2D eigenvalue weighted by Gasteiger charge is 2.21. The molecule has 0 bridgehead atoms. The molecule has 0 aliphatic carbocycles. The Hall–Kier alpha value is -2.12. The van der Waals surface area contributed by atoms with Crippen LogP contribution in [0, 0.1) is 0 Å². The number of carbonyl (C=O) groups is 1. The third-order valence-corrected chi connectivity index (χ3v) is 5.26. The lowest BCUT2D eigenvalue weighted by Crippen LogP contribution is -2.37. The van der Waals surface area contributed by atoms with Crippen LogP contribution < -0.4 is 4.90 Å². The summed E-state index contributed by atoms with van der Waals surface area (Å²) < 4.78 is 5.45. The normalized spacial score (nSPS) is 15.0. The fourth-order valence-corrected chi connectivity index (χ4v) is 3.55. The second kappa shape index (κ2) is 8.27. The Kier molecular flexibility index (Phi) is 6.01. The number of rotatable bonds is 5. The minimum atomic E-state index is -0.914. The van der Waals surface area contributed by atoms with E-state index < -0.39 is 5.97 Å². The summed E-state index contributed by atoms with van der Waals surface area (Å²) in [6.07, 6.45) is 0. The number of nitrogens with zero attached hydrogens (tertiary/aromatic N) is 3. The molecular weight excluding hydrogens is 362 g/mol. The number of thioether (sulfide) groups is 1. The molecule has 27 heavy (non-hydrogen) atoms. The van der Waals surface area contributed by atoms with E-state index in [1.54, 1.807) is 18.2 Å². The molecule has 144 valence electrons. The average Bonchev–Trinajstić information content (AvgIpc) is 2.66. The fourth-order valence-electron chi connectivity index (χ4n) is 2.76. The number of aromatic carboxylic acids is 1. The molecular formula is C20H25N3O3S. The molecule has 2 heterocycles. The first-order chi connectivity index (χ1) is 12.8. The van der Waals surface area contributed by atoms with Gasteiger partial charge in [0.25, 0.3) is 0 Å². The van der Waals surface area contributed by atoms with E-state index in [0.29, 0.717) is 29.7 Å². The number of hydrogen-bond donors (Lipinski definition) is 1. The van der Waals surface area contributed by atoms with Crippen LogP contribution in [-0.2, 0) is 15.9 Å².